The van der Waals surface area contributed by atoms with Crippen LogP contribution in [0.15, 0.2) is 30.3 Å². The summed E-state index contributed by atoms with van der Waals surface area (Å²) in [6, 6.07) is 11.3. The van der Waals surface area contributed by atoms with Crippen LogP contribution in [0, 0.1) is 0 Å². The largest absolute Gasteiger partial charge is 0.377 e. The molecule has 2 atom stereocenters. The van der Waals surface area contributed by atoms with Crippen LogP contribution in [0.25, 0.3) is 0 Å². The van der Waals surface area contributed by atoms with E-state index in [4.69, 9.17) is 4.74 Å². The van der Waals surface area contributed by atoms with E-state index in [1.807, 2.05) is 0 Å². The van der Waals surface area contributed by atoms with Gasteiger partial charge in [-0.1, -0.05) is 44.2 Å². The topological polar surface area (TPSA) is 21.3 Å². The smallest absolute Gasteiger partial charge is 0.0700 e. The van der Waals surface area contributed by atoms with Gasteiger partial charge in [-0.25, -0.2) is 0 Å². The van der Waals surface area contributed by atoms with Crippen molar-refractivity contribution in [2.45, 2.75) is 57.6 Å². The fourth-order valence-electron chi connectivity index (χ4n) is 2.98. The molecule has 1 heterocycles. The van der Waals surface area contributed by atoms with Gasteiger partial charge >= 0.3 is 0 Å². The minimum absolute atomic E-state index is 0.213. The fraction of sp³-hybridized carbons (Fsp3) is 0.647. The molecule has 1 N–H and O–H groups in total. The van der Waals surface area contributed by atoms with Gasteiger partial charge in [-0.05, 0) is 37.2 Å². The van der Waals surface area contributed by atoms with Crippen molar-refractivity contribution >= 4 is 0 Å². The summed E-state index contributed by atoms with van der Waals surface area (Å²) in [5.41, 5.74) is 1.63. The molecule has 0 saturated carbocycles. The van der Waals surface area contributed by atoms with Gasteiger partial charge in [0.15, 0.2) is 0 Å². The van der Waals surface area contributed by atoms with E-state index in [9.17, 15) is 0 Å². The Hall–Kier alpha value is -0.860. The lowest BCUT2D eigenvalue weighted by Crippen LogP contribution is -2.37. The third-order valence-electron chi connectivity index (χ3n) is 4.09. The van der Waals surface area contributed by atoms with E-state index in [2.05, 4.69) is 56.4 Å². The standard InChI is InChI=1S/C17H27NO/c1-14(18-13-16-10-7-11-19-16)12-17(2,3)15-8-5-4-6-9-15/h4-6,8-9,14,16,18H,7,10-13H2,1-3H3. The van der Waals surface area contributed by atoms with Gasteiger partial charge in [0.2, 0.25) is 0 Å². The van der Waals surface area contributed by atoms with Crippen molar-refractivity contribution in [1.29, 1.82) is 0 Å². The molecular weight excluding hydrogens is 234 g/mol. The minimum atomic E-state index is 0.213. The predicted molar refractivity (Wildman–Crippen MR) is 80.5 cm³/mol. The molecule has 106 valence electrons. The highest BCUT2D eigenvalue weighted by Gasteiger charge is 2.24. The Bertz CT molecular complexity index is 368. The van der Waals surface area contributed by atoms with Crippen LogP contribution >= 0.6 is 0 Å². The fourth-order valence-corrected chi connectivity index (χ4v) is 2.98. The second-order valence-corrected chi connectivity index (χ2v) is 6.40. The van der Waals surface area contributed by atoms with Gasteiger partial charge in [0.1, 0.15) is 0 Å². The summed E-state index contributed by atoms with van der Waals surface area (Å²) in [5, 5.41) is 3.63. The van der Waals surface area contributed by atoms with Crippen LogP contribution in [-0.2, 0) is 10.2 Å². The van der Waals surface area contributed by atoms with Gasteiger partial charge < -0.3 is 10.1 Å². The number of nitrogens with one attached hydrogen (secondary N) is 1. The molecular formula is C17H27NO. The second-order valence-electron chi connectivity index (χ2n) is 6.40. The first kappa shape index (κ1) is 14.5. The first-order valence-electron chi connectivity index (χ1n) is 7.48. The molecule has 0 aromatic heterocycles. The Kier molecular flexibility index (Phi) is 5.00. The first-order chi connectivity index (χ1) is 9.08. The molecule has 0 radical (unpaired) electrons. The number of benzene rings is 1. The Balaban J connectivity index is 1.81. The molecule has 2 unspecified atom stereocenters. The van der Waals surface area contributed by atoms with Crippen molar-refractivity contribution in [2.24, 2.45) is 0 Å². The van der Waals surface area contributed by atoms with Gasteiger partial charge in [0, 0.05) is 19.2 Å². The number of hydrogen-bond acceptors (Lipinski definition) is 2. The zero-order valence-corrected chi connectivity index (χ0v) is 12.5. The van der Waals surface area contributed by atoms with Crippen LogP contribution in [0.4, 0.5) is 0 Å². The average Bonchev–Trinajstić information content (AvgIpc) is 2.90. The summed E-state index contributed by atoms with van der Waals surface area (Å²) in [6.07, 6.45) is 4.00. The van der Waals surface area contributed by atoms with E-state index in [1.165, 1.54) is 18.4 Å². The summed E-state index contributed by atoms with van der Waals surface area (Å²) in [7, 11) is 0. The first-order valence-corrected chi connectivity index (χ1v) is 7.48. The lowest BCUT2D eigenvalue weighted by atomic mass is 9.79. The molecule has 1 aromatic rings. The maximum Gasteiger partial charge on any atom is 0.0700 e. The second kappa shape index (κ2) is 6.53. The number of ether oxygens (including phenoxy) is 1. The Morgan fingerprint density at radius 3 is 2.68 bits per heavy atom. The highest BCUT2D eigenvalue weighted by molar-refractivity contribution is 5.23. The highest BCUT2D eigenvalue weighted by Crippen LogP contribution is 2.28. The average molecular weight is 261 g/mol. The molecule has 0 spiro atoms. The molecule has 19 heavy (non-hydrogen) atoms. The van der Waals surface area contributed by atoms with E-state index in [1.54, 1.807) is 0 Å². The molecule has 2 nitrogen and oxygen atoms in total. The molecule has 1 saturated heterocycles. The molecule has 2 heteroatoms. The summed E-state index contributed by atoms with van der Waals surface area (Å²) in [6.45, 7) is 8.86. The zero-order valence-electron chi connectivity index (χ0n) is 12.5. The maximum absolute atomic E-state index is 5.66. The monoisotopic (exact) mass is 261 g/mol. The Labute approximate surface area is 117 Å². The van der Waals surface area contributed by atoms with Crippen molar-refractivity contribution in [3.05, 3.63) is 35.9 Å². The van der Waals surface area contributed by atoms with Crippen LogP contribution in [0.3, 0.4) is 0 Å². The number of hydrogen-bond donors (Lipinski definition) is 1. The van der Waals surface area contributed by atoms with Crippen molar-refractivity contribution in [3.8, 4) is 0 Å². The van der Waals surface area contributed by atoms with Crippen LogP contribution in [0.2, 0.25) is 0 Å². The molecule has 0 bridgehead atoms. The SMILES string of the molecule is CC(CC(C)(C)c1ccccc1)NCC1CCCO1. The Morgan fingerprint density at radius 2 is 2.05 bits per heavy atom. The summed E-state index contributed by atoms with van der Waals surface area (Å²) in [5.74, 6) is 0. The van der Waals surface area contributed by atoms with Crippen LogP contribution in [0.5, 0.6) is 0 Å². The minimum Gasteiger partial charge on any atom is -0.377 e. The maximum atomic E-state index is 5.66. The van der Waals surface area contributed by atoms with E-state index in [-0.39, 0.29) is 5.41 Å². The third kappa shape index (κ3) is 4.32. The quantitative estimate of drug-likeness (QED) is 0.846. The van der Waals surface area contributed by atoms with E-state index in [0.717, 1.165) is 19.6 Å². The van der Waals surface area contributed by atoms with Gasteiger partial charge in [0.25, 0.3) is 0 Å². The van der Waals surface area contributed by atoms with Gasteiger partial charge in [-0.3, -0.25) is 0 Å². The lowest BCUT2D eigenvalue weighted by Gasteiger charge is -2.29. The Morgan fingerprint density at radius 1 is 1.32 bits per heavy atom. The van der Waals surface area contributed by atoms with Crippen molar-refractivity contribution in [3.63, 3.8) is 0 Å². The number of rotatable bonds is 6. The molecule has 1 aromatic carbocycles. The highest BCUT2D eigenvalue weighted by atomic mass is 16.5. The van der Waals surface area contributed by atoms with E-state index in [0.29, 0.717) is 12.1 Å². The normalized spacial score (nSPS) is 21.5. The lowest BCUT2D eigenvalue weighted by molar-refractivity contribution is 0.107. The summed E-state index contributed by atoms with van der Waals surface area (Å²) < 4.78 is 5.66. The molecule has 1 aliphatic heterocycles. The van der Waals surface area contributed by atoms with Gasteiger partial charge in [0.05, 0.1) is 6.10 Å². The van der Waals surface area contributed by atoms with Crippen LogP contribution < -0.4 is 5.32 Å². The summed E-state index contributed by atoms with van der Waals surface area (Å²) >= 11 is 0. The molecule has 0 aliphatic carbocycles. The molecule has 1 aliphatic rings. The van der Waals surface area contributed by atoms with Crippen molar-refractivity contribution in [2.75, 3.05) is 13.2 Å². The van der Waals surface area contributed by atoms with Crippen molar-refractivity contribution in [1.82, 2.24) is 5.32 Å². The molecule has 2 rings (SSSR count). The molecule has 1 fully saturated rings. The van der Waals surface area contributed by atoms with E-state index < -0.39 is 0 Å². The van der Waals surface area contributed by atoms with Gasteiger partial charge in [-0.2, -0.15) is 0 Å². The van der Waals surface area contributed by atoms with Gasteiger partial charge in [-0.15, -0.1) is 0 Å². The molecule has 0 amide bonds. The van der Waals surface area contributed by atoms with E-state index >= 15 is 0 Å². The van der Waals surface area contributed by atoms with Crippen molar-refractivity contribution < 1.29 is 4.74 Å². The summed E-state index contributed by atoms with van der Waals surface area (Å²) in [4.78, 5) is 0. The van der Waals surface area contributed by atoms with Crippen LogP contribution in [0.1, 0.15) is 45.6 Å². The zero-order chi connectivity index (χ0) is 13.7. The third-order valence-corrected chi connectivity index (χ3v) is 4.09. The predicted octanol–water partition coefficient (Wildman–Crippen LogP) is 3.51. The van der Waals surface area contributed by atoms with Crippen LogP contribution in [-0.4, -0.2) is 25.3 Å².